The van der Waals surface area contributed by atoms with Gasteiger partial charge in [0.25, 0.3) is 0 Å². The van der Waals surface area contributed by atoms with Crippen molar-refractivity contribution in [1.82, 2.24) is 9.78 Å². The zero-order chi connectivity index (χ0) is 13.3. The van der Waals surface area contributed by atoms with Crippen LogP contribution in [0, 0.1) is 0 Å². The van der Waals surface area contributed by atoms with Gasteiger partial charge in [-0.05, 0) is 27.4 Å². The van der Waals surface area contributed by atoms with Crippen molar-refractivity contribution in [2.24, 2.45) is 0 Å². The number of hydrogen-bond donors (Lipinski definition) is 0. The van der Waals surface area contributed by atoms with Crippen molar-refractivity contribution in [3.63, 3.8) is 0 Å². The maximum atomic E-state index is 12.3. The summed E-state index contributed by atoms with van der Waals surface area (Å²) in [6.45, 7) is -0.213. The molecule has 0 aromatic carbocycles. The van der Waals surface area contributed by atoms with Crippen molar-refractivity contribution in [3.05, 3.63) is 38.8 Å². The van der Waals surface area contributed by atoms with Crippen LogP contribution >= 0.6 is 27.3 Å². The average molecular weight is 339 g/mol. The van der Waals surface area contributed by atoms with E-state index in [4.69, 9.17) is 0 Å². The second-order valence-corrected chi connectivity index (χ2v) is 5.22. The molecule has 0 saturated heterocycles. The molecule has 0 atom stereocenters. The van der Waals surface area contributed by atoms with Crippen LogP contribution in [0.2, 0.25) is 0 Å². The van der Waals surface area contributed by atoms with Gasteiger partial charge in [0.2, 0.25) is 0 Å². The molecule has 2 aromatic rings. The van der Waals surface area contributed by atoms with E-state index >= 15 is 0 Å². The molecule has 0 unspecified atom stereocenters. The molecule has 0 spiro atoms. The van der Waals surface area contributed by atoms with Crippen molar-refractivity contribution < 1.29 is 18.0 Å². The number of Topliss-reactive ketones (excluding diaryl/α,β-unsaturated/α-hetero) is 1. The number of halogens is 4. The van der Waals surface area contributed by atoms with Gasteiger partial charge in [0.1, 0.15) is 6.54 Å². The molecule has 0 fully saturated rings. The maximum absolute atomic E-state index is 12.3. The highest BCUT2D eigenvalue weighted by molar-refractivity contribution is 9.10. The van der Waals surface area contributed by atoms with Crippen molar-refractivity contribution in [2.45, 2.75) is 12.7 Å². The Bertz CT molecular complexity index is 576. The Kier molecular flexibility index (Phi) is 3.58. The first kappa shape index (κ1) is 13.3. The van der Waals surface area contributed by atoms with Gasteiger partial charge in [0.15, 0.2) is 5.78 Å². The highest BCUT2D eigenvalue weighted by Gasteiger charge is 2.32. The standard InChI is InChI=1S/C10H6BrF3N2OS/c11-7-1-2-18-9(7)8(17)5-16-4-6(3-15-16)10(12,13)14/h1-4H,5H2. The molecular formula is C10H6BrF3N2OS. The monoisotopic (exact) mass is 338 g/mol. The van der Waals surface area contributed by atoms with Gasteiger partial charge in [-0.1, -0.05) is 0 Å². The number of alkyl halides is 3. The lowest BCUT2D eigenvalue weighted by molar-refractivity contribution is -0.137. The largest absolute Gasteiger partial charge is 0.419 e. The van der Waals surface area contributed by atoms with E-state index in [1.165, 1.54) is 11.3 Å². The third-order valence-corrected chi connectivity index (χ3v) is 4.02. The van der Waals surface area contributed by atoms with Crippen molar-refractivity contribution >= 4 is 33.0 Å². The number of aromatic nitrogens is 2. The first-order chi connectivity index (χ1) is 8.38. The fourth-order valence-corrected chi connectivity index (χ4v) is 2.83. The summed E-state index contributed by atoms with van der Waals surface area (Å²) in [5.41, 5.74) is -0.861. The number of carbonyl (C=O) groups is 1. The van der Waals surface area contributed by atoms with Gasteiger partial charge in [0, 0.05) is 10.7 Å². The molecule has 0 aliphatic heterocycles. The summed E-state index contributed by atoms with van der Waals surface area (Å²) >= 11 is 4.43. The minimum absolute atomic E-state index is 0.213. The molecule has 2 heterocycles. The molecule has 3 nitrogen and oxygen atoms in total. The predicted octanol–water partition coefficient (Wildman–Crippen LogP) is 3.61. The Hall–Kier alpha value is -1.15. The first-order valence-corrected chi connectivity index (χ1v) is 6.41. The molecule has 0 aliphatic carbocycles. The Morgan fingerprint density at radius 3 is 2.72 bits per heavy atom. The van der Waals surface area contributed by atoms with Crippen LogP contribution in [0.4, 0.5) is 13.2 Å². The van der Waals surface area contributed by atoms with E-state index in [0.717, 1.165) is 10.9 Å². The van der Waals surface area contributed by atoms with Gasteiger partial charge >= 0.3 is 6.18 Å². The maximum Gasteiger partial charge on any atom is 0.419 e. The second kappa shape index (κ2) is 4.85. The number of ketones is 1. The van der Waals surface area contributed by atoms with Crippen molar-refractivity contribution in [2.75, 3.05) is 0 Å². The number of carbonyl (C=O) groups excluding carboxylic acids is 1. The van der Waals surface area contributed by atoms with E-state index in [-0.39, 0.29) is 12.3 Å². The van der Waals surface area contributed by atoms with Gasteiger partial charge in [-0.2, -0.15) is 18.3 Å². The Morgan fingerprint density at radius 2 is 2.22 bits per heavy atom. The summed E-state index contributed by atoms with van der Waals surface area (Å²) in [5, 5.41) is 5.25. The van der Waals surface area contributed by atoms with Gasteiger partial charge in [0.05, 0.1) is 16.6 Å². The SMILES string of the molecule is O=C(Cn1cc(C(F)(F)F)cn1)c1sccc1Br. The number of hydrogen-bond acceptors (Lipinski definition) is 3. The van der Waals surface area contributed by atoms with E-state index < -0.39 is 11.7 Å². The molecule has 0 radical (unpaired) electrons. The number of rotatable bonds is 3. The first-order valence-electron chi connectivity index (χ1n) is 4.74. The Morgan fingerprint density at radius 1 is 1.50 bits per heavy atom. The van der Waals surface area contributed by atoms with Gasteiger partial charge < -0.3 is 0 Å². The molecule has 0 aliphatic rings. The summed E-state index contributed by atoms with van der Waals surface area (Å²) in [4.78, 5) is 12.3. The quantitative estimate of drug-likeness (QED) is 0.801. The minimum Gasteiger partial charge on any atom is -0.291 e. The van der Waals surface area contributed by atoms with Crippen LogP contribution < -0.4 is 0 Å². The normalized spacial score (nSPS) is 11.8. The summed E-state index contributed by atoms with van der Waals surface area (Å²) in [7, 11) is 0. The summed E-state index contributed by atoms with van der Waals surface area (Å²) in [5.74, 6) is -0.284. The Labute approximate surface area is 112 Å². The summed E-state index contributed by atoms with van der Waals surface area (Å²) in [6.07, 6.45) is -2.92. The molecule has 0 saturated carbocycles. The zero-order valence-corrected chi connectivity index (χ0v) is 11.1. The second-order valence-electron chi connectivity index (χ2n) is 3.45. The van der Waals surface area contributed by atoms with E-state index in [0.29, 0.717) is 15.5 Å². The van der Waals surface area contributed by atoms with Crippen molar-refractivity contribution in [3.8, 4) is 0 Å². The van der Waals surface area contributed by atoms with Crippen LogP contribution in [-0.4, -0.2) is 15.6 Å². The highest BCUT2D eigenvalue weighted by Crippen LogP contribution is 2.28. The predicted molar refractivity (Wildman–Crippen MR) is 63.6 cm³/mol. The summed E-state index contributed by atoms with van der Waals surface area (Å²) in [6, 6.07) is 1.71. The third-order valence-electron chi connectivity index (χ3n) is 2.14. The molecular weight excluding hydrogens is 333 g/mol. The average Bonchev–Trinajstić information content (AvgIpc) is 2.85. The molecule has 18 heavy (non-hydrogen) atoms. The van der Waals surface area contributed by atoms with Gasteiger partial charge in [-0.25, -0.2) is 0 Å². The fraction of sp³-hybridized carbons (Fsp3) is 0.200. The van der Waals surface area contributed by atoms with Crippen LogP contribution in [0.15, 0.2) is 28.3 Å². The van der Waals surface area contributed by atoms with Crippen LogP contribution in [0.5, 0.6) is 0 Å². The van der Waals surface area contributed by atoms with Crippen LogP contribution in [0.25, 0.3) is 0 Å². The molecule has 2 aromatic heterocycles. The highest BCUT2D eigenvalue weighted by atomic mass is 79.9. The number of thiophene rings is 1. The molecule has 0 bridgehead atoms. The van der Waals surface area contributed by atoms with E-state index in [1.807, 2.05) is 0 Å². The van der Waals surface area contributed by atoms with Gasteiger partial charge in [-0.3, -0.25) is 9.48 Å². The smallest absolute Gasteiger partial charge is 0.291 e. The zero-order valence-electron chi connectivity index (χ0n) is 8.74. The molecule has 0 N–H and O–H groups in total. The van der Waals surface area contributed by atoms with Crippen LogP contribution in [0.3, 0.4) is 0 Å². The summed E-state index contributed by atoms with van der Waals surface area (Å²) < 4.78 is 38.6. The minimum atomic E-state index is -4.44. The number of nitrogens with zero attached hydrogens (tertiary/aromatic N) is 2. The fourth-order valence-electron chi connectivity index (χ4n) is 1.31. The third kappa shape index (κ3) is 2.81. The lowest BCUT2D eigenvalue weighted by Gasteiger charge is -2.01. The lowest BCUT2D eigenvalue weighted by Crippen LogP contribution is -2.10. The van der Waals surface area contributed by atoms with Crippen LogP contribution in [0.1, 0.15) is 15.2 Å². The van der Waals surface area contributed by atoms with E-state index in [2.05, 4.69) is 21.0 Å². The molecule has 0 amide bonds. The van der Waals surface area contributed by atoms with Gasteiger partial charge in [-0.15, -0.1) is 11.3 Å². The molecule has 2 rings (SSSR count). The van der Waals surface area contributed by atoms with Crippen LogP contribution in [-0.2, 0) is 12.7 Å². The molecule has 96 valence electrons. The van der Waals surface area contributed by atoms with E-state index in [1.54, 1.807) is 11.4 Å². The lowest BCUT2D eigenvalue weighted by atomic mass is 10.3. The Balaban J connectivity index is 2.13. The van der Waals surface area contributed by atoms with E-state index in [9.17, 15) is 18.0 Å². The van der Waals surface area contributed by atoms with Crippen molar-refractivity contribution in [1.29, 1.82) is 0 Å². The topological polar surface area (TPSA) is 34.9 Å². The molecule has 8 heteroatoms.